The maximum atomic E-state index is 5.12. The number of benzene rings is 1. The fourth-order valence-electron chi connectivity index (χ4n) is 1.42. The van der Waals surface area contributed by atoms with E-state index in [0.717, 1.165) is 18.8 Å². The Labute approximate surface area is 103 Å². The third-order valence-electron chi connectivity index (χ3n) is 2.33. The van der Waals surface area contributed by atoms with Crippen LogP contribution in [0.25, 0.3) is 0 Å². The monoisotopic (exact) mass is 239 g/mol. The first-order valence-corrected chi connectivity index (χ1v) is 6.93. The van der Waals surface area contributed by atoms with Gasteiger partial charge in [-0.15, -0.1) is 0 Å². The van der Waals surface area contributed by atoms with E-state index >= 15 is 0 Å². The maximum Gasteiger partial charge on any atom is 0.118 e. The Hall–Kier alpha value is -0.670. The molecule has 1 rings (SSSR count). The van der Waals surface area contributed by atoms with Crippen molar-refractivity contribution in [3.8, 4) is 5.75 Å². The van der Waals surface area contributed by atoms with Gasteiger partial charge in [0.05, 0.1) is 7.11 Å². The lowest BCUT2D eigenvalue weighted by molar-refractivity contribution is 0.414. The number of rotatable bonds is 8. The van der Waals surface area contributed by atoms with Crippen LogP contribution in [0.2, 0.25) is 0 Å². The van der Waals surface area contributed by atoms with E-state index in [2.05, 4.69) is 24.4 Å². The summed E-state index contributed by atoms with van der Waals surface area (Å²) in [5, 5.41) is 3.44. The van der Waals surface area contributed by atoms with E-state index < -0.39 is 0 Å². The SMILES string of the molecule is CCSCCCNCc1ccc(OC)cc1. The van der Waals surface area contributed by atoms with Gasteiger partial charge in [-0.25, -0.2) is 0 Å². The molecule has 0 bridgehead atoms. The minimum atomic E-state index is 0.920. The topological polar surface area (TPSA) is 21.3 Å². The number of ether oxygens (including phenoxy) is 1. The summed E-state index contributed by atoms with van der Waals surface area (Å²) in [6.45, 7) is 4.25. The maximum absolute atomic E-state index is 5.12. The molecule has 0 aromatic heterocycles. The van der Waals surface area contributed by atoms with Crippen LogP contribution in [0, 0.1) is 0 Å². The predicted molar refractivity (Wildman–Crippen MR) is 72.3 cm³/mol. The van der Waals surface area contributed by atoms with Gasteiger partial charge in [0, 0.05) is 6.54 Å². The molecule has 3 heteroatoms. The second-order valence-corrected chi connectivity index (χ2v) is 4.97. The largest absolute Gasteiger partial charge is 0.497 e. The summed E-state index contributed by atoms with van der Waals surface area (Å²) < 4.78 is 5.12. The van der Waals surface area contributed by atoms with Crippen molar-refractivity contribution >= 4 is 11.8 Å². The second-order valence-electron chi connectivity index (χ2n) is 3.58. The molecule has 0 spiro atoms. The van der Waals surface area contributed by atoms with E-state index in [9.17, 15) is 0 Å². The number of nitrogens with one attached hydrogen (secondary N) is 1. The Bertz CT molecular complexity index is 274. The third-order valence-corrected chi connectivity index (χ3v) is 3.32. The molecule has 2 nitrogen and oxygen atoms in total. The van der Waals surface area contributed by atoms with E-state index in [1.54, 1.807) is 7.11 Å². The van der Waals surface area contributed by atoms with Crippen LogP contribution in [0.15, 0.2) is 24.3 Å². The van der Waals surface area contributed by atoms with Crippen molar-refractivity contribution in [2.45, 2.75) is 19.9 Å². The fraction of sp³-hybridized carbons (Fsp3) is 0.538. The van der Waals surface area contributed by atoms with Crippen LogP contribution in [0.4, 0.5) is 0 Å². The van der Waals surface area contributed by atoms with Gasteiger partial charge in [0.2, 0.25) is 0 Å². The smallest absolute Gasteiger partial charge is 0.118 e. The number of hydrogen-bond acceptors (Lipinski definition) is 3. The molecule has 0 heterocycles. The van der Waals surface area contributed by atoms with Gasteiger partial charge in [0.1, 0.15) is 5.75 Å². The summed E-state index contributed by atoms with van der Waals surface area (Å²) in [6, 6.07) is 8.22. The summed E-state index contributed by atoms with van der Waals surface area (Å²) in [5.74, 6) is 3.40. The molecule has 0 atom stereocenters. The summed E-state index contributed by atoms with van der Waals surface area (Å²) in [7, 11) is 1.69. The molecule has 0 radical (unpaired) electrons. The standard InChI is InChI=1S/C13H21NOS/c1-3-16-10-4-9-14-11-12-5-7-13(15-2)8-6-12/h5-8,14H,3-4,9-11H2,1-2H3. The van der Waals surface area contributed by atoms with Crippen molar-refractivity contribution < 1.29 is 4.74 Å². The first-order chi connectivity index (χ1) is 7.86. The Morgan fingerprint density at radius 2 is 2.00 bits per heavy atom. The molecular formula is C13H21NOS. The third kappa shape index (κ3) is 5.42. The zero-order chi connectivity index (χ0) is 11.6. The minimum absolute atomic E-state index is 0.920. The van der Waals surface area contributed by atoms with Gasteiger partial charge in [-0.2, -0.15) is 11.8 Å². The van der Waals surface area contributed by atoms with Gasteiger partial charge in [0.25, 0.3) is 0 Å². The first-order valence-electron chi connectivity index (χ1n) is 5.78. The highest BCUT2D eigenvalue weighted by atomic mass is 32.2. The molecule has 0 amide bonds. The van der Waals surface area contributed by atoms with Crippen molar-refractivity contribution in [1.82, 2.24) is 5.32 Å². The molecule has 1 aromatic rings. The zero-order valence-corrected chi connectivity index (χ0v) is 11.0. The van der Waals surface area contributed by atoms with E-state index in [1.807, 2.05) is 23.9 Å². The van der Waals surface area contributed by atoms with Crippen LogP contribution in [0.3, 0.4) is 0 Å². The molecule has 1 aromatic carbocycles. The number of methoxy groups -OCH3 is 1. The molecule has 0 saturated heterocycles. The molecule has 0 aliphatic rings. The van der Waals surface area contributed by atoms with Gasteiger partial charge in [-0.3, -0.25) is 0 Å². The molecule has 0 unspecified atom stereocenters. The van der Waals surface area contributed by atoms with Crippen LogP contribution in [0.5, 0.6) is 5.75 Å². The van der Waals surface area contributed by atoms with Crippen molar-refractivity contribution in [2.75, 3.05) is 25.2 Å². The van der Waals surface area contributed by atoms with Crippen molar-refractivity contribution in [2.24, 2.45) is 0 Å². The minimum Gasteiger partial charge on any atom is -0.497 e. The molecule has 0 aliphatic carbocycles. The van der Waals surface area contributed by atoms with Crippen molar-refractivity contribution in [3.63, 3.8) is 0 Å². The molecule has 1 N–H and O–H groups in total. The Morgan fingerprint density at radius 1 is 1.25 bits per heavy atom. The molecule has 0 fully saturated rings. The summed E-state index contributed by atoms with van der Waals surface area (Å²) in [5.41, 5.74) is 1.31. The zero-order valence-electron chi connectivity index (χ0n) is 10.2. The average molecular weight is 239 g/mol. The normalized spacial score (nSPS) is 10.4. The van der Waals surface area contributed by atoms with Crippen LogP contribution in [0.1, 0.15) is 18.9 Å². The van der Waals surface area contributed by atoms with E-state index in [4.69, 9.17) is 4.74 Å². The van der Waals surface area contributed by atoms with Crippen LogP contribution >= 0.6 is 11.8 Å². The lowest BCUT2D eigenvalue weighted by Crippen LogP contribution is -2.15. The van der Waals surface area contributed by atoms with Crippen molar-refractivity contribution in [1.29, 1.82) is 0 Å². The first kappa shape index (κ1) is 13.4. The number of thioether (sulfide) groups is 1. The molecule has 16 heavy (non-hydrogen) atoms. The van der Waals surface area contributed by atoms with E-state index in [-0.39, 0.29) is 0 Å². The molecule has 90 valence electrons. The molecule has 0 saturated carbocycles. The van der Waals surface area contributed by atoms with Gasteiger partial charge in [-0.05, 0) is 42.2 Å². The Balaban J connectivity index is 2.12. The van der Waals surface area contributed by atoms with Gasteiger partial charge in [0.15, 0.2) is 0 Å². The summed E-state index contributed by atoms with van der Waals surface area (Å²) in [4.78, 5) is 0. The lowest BCUT2D eigenvalue weighted by atomic mass is 10.2. The van der Waals surface area contributed by atoms with E-state index in [1.165, 1.54) is 23.5 Å². The lowest BCUT2D eigenvalue weighted by Gasteiger charge is -2.05. The molecular weight excluding hydrogens is 218 g/mol. The molecule has 0 aliphatic heterocycles. The van der Waals surface area contributed by atoms with Crippen molar-refractivity contribution in [3.05, 3.63) is 29.8 Å². The average Bonchev–Trinajstić information content (AvgIpc) is 2.34. The highest BCUT2D eigenvalue weighted by molar-refractivity contribution is 7.99. The van der Waals surface area contributed by atoms with Crippen LogP contribution < -0.4 is 10.1 Å². The van der Waals surface area contributed by atoms with Gasteiger partial charge >= 0.3 is 0 Å². The quantitative estimate of drug-likeness (QED) is 0.705. The van der Waals surface area contributed by atoms with E-state index in [0.29, 0.717) is 0 Å². The van der Waals surface area contributed by atoms with Crippen LogP contribution in [-0.4, -0.2) is 25.2 Å². The van der Waals surface area contributed by atoms with Gasteiger partial charge in [-0.1, -0.05) is 19.1 Å². The summed E-state index contributed by atoms with van der Waals surface area (Å²) in [6.07, 6.45) is 1.24. The highest BCUT2D eigenvalue weighted by Crippen LogP contribution is 2.10. The highest BCUT2D eigenvalue weighted by Gasteiger charge is 1.94. The van der Waals surface area contributed by atoms with Crippen LogP contribution in [-0.2, 0) is 6.54 Å². The Kier molecular flexibility index (Phi) is 7.10. The fourth-order valence-corrected chi connectivity index (χ4v) is 2.06. The summed E-state index contributed by atoms with van der Waals surface area (Å²) >= 11 is 2.00. The van der Waals surface area contributed by atoms with Gasteiger partial charge < -0.3 is 10.1 Å². The Morgan fingerprint density at radius 3 is 2.62 bits per heavy atom. The number of hydrogen-bond donors (Lipinski definition) is 1. The predicted octanol–water partition coefficient (Wildman–Crippen LogP) is 2.93. The second kappa shape index (κ2) is 8.48.